The first-order chi connectivity index (χ1) is 8.65. The number of carbonyl (C=O) groups excluding carboxylic acids is 1. The summed E-state index contributed by atoms with van der Waals surface area (Å²) in [5, 5.41) is 6.57. The third-order valence-corrected chi connectivity index (χ3v) is 4.51. The van der Waals surface area contributed by atoms with Gasteiger partial charge in [0.2, 0.25) is 5.91 Å². The third-order valence-electron chi connectivity index (χ3n) is 4.51. The van der Waals surface area contributed by atoms with E-state index in [1.807, 2.05) is 0 Å². The SMILES string of the molecule is CC1CC(NC(=O)CC2CCNCC2)CCN1C. The number of nitrogens with zero attached hydrogens (tertiary/aromatic N) is 1. The van der Waals surface area contributed by atoms with Gasteiger partial charge < -0.3 is 15.5 Å². The van der Waals surface area contributed by atoms with Crippen molar-refractivity contribution in [3.8, 4) is 0 Å². The van der Waals surface area contributed by atoms with Gasteiger partial charge in [-0.25, -0.2) is 0 Å². The summed E-state index contributed by atoms with van der Waals surface area (Å²) >= 11 is 0. The molecule has 0 aromatic heterocycles. The van der Waals surface area contributed by atoms with Crippen molar-refractivity contribution in [2.75, 3.05) is 26.7 Å². The number of nitrogens with one attached hydrogen (secondary N) is 2. The largest absolute Gasteiger partial charge is 0.353 e. The standard InChI is InChI=1S/C14H27N3O/c1-11-9-13(5-8-17(11)2)16-14(18)10-12-3-6-15-7-4-12/h11-13,15H,3-10H2,1-2H3,(H,16,18). The second-order valence-corrected chi connectivity index (χ2v) is 6.02. The van der Waals surface area contributed by atoms with Crippen LogP contribution in [-0.2, 0) is 4.79 Å². The molecular formula is C14H27N3O. The molecule has 2 unspecified atom stereocenters. The van der Waals surface area contributed by atoms with Gasteiger partial charge in [-0.3, -0.25) is 4.79 Å². The molecule has 2 heterocycles. The fourth-order valence-corrected chi connectivity index (χ4v) is 3.06. The van der Waals surface area contributed by atoms with E-state index in [9.17, 15) is 4.79 Å². The summed E-state index contributed by atoms with van der Waals surface area (Å²) in [7, 11) is 2.16. The second-order valence-electron chi connectivity index (χ2n) is 6.02. The van der Waals surface area contributed by atoms with E-state index in [2.05, 4.69) is 29.5 Å². The Morgan fingerprint density at radius 2 is 2.06 bits per heavy atom. The quantitative estimate of drug-likeness (QED) is 0.788. The number of piperidine rings is 2. The first-order valence-electron chi connectivity index (χ1n) is 7.35. The molecule has 2 fully saturated rings. The molecule has 2 aliphatic heterocycles. The van der Waals surface area contributed by atoms with Crippen molar-refractivity contribution in [1.29, 1.82) is 0 Å². The monoisotopic (exact) mass is 253 g/mol. The number of hydrogen-bond donors (Lipinski definition) is 2. The predicted molar refractivity (Wildman–Crippen MR) is 73.5 cm³/mol. The van der Waals surface area contributed by atoms with Crippen molar-refractivity contribution >= 4 is 5.91 Å². The van der Waals surface area contributed by atoms with E-state index >= 15 is 0 Å². The van der Waals surface area contributed by atoms with Crippen LogP contribution in [0.4, 0.5) is 0 Å². The highest BCUT2D eigenvalue weighted by molar-refractivity contribution is 5.76. The molecule has 1 amide bonds. The molecule has 2 saturated heterocycles. The molecule has 2 atom stereocenters. The van der Waals surface area contributed by atoms with Crippen molar-refractivity contribution in [2.24, 2.45) is 5.92 Å². The summed E-state index contributed by atoms with van der Waals surface area (Å²) in [5.74, 6) is 0.860. The first kappa shape index (κ1) is 13.8. The predicted octanol–water partition coefficient (Wildman–Crippen LogP) is 0.975. The van der Waals surface area contributed by atoms with Gasteiger partial charge in [0.1, 0.15) is 0 Å². The summed E-state index contributed by atoms with van der Waals surface area (Å²) in [6, 6.07) is 0.980. The first-order valence-corrected chi connectivity index (χ1v) is 7.35. The molecule has 0 aromatic carbocycles. The van der Waals surface area contributed by atoms with Gasteiger partial charge in [-0.05, 0) is 58.7 Å². The van der Waals surface area contributed by atoms with Crippen molar-refractivity contribution in [2.45, 2.75) is 51.1 Å². The maximum atomic E-state index is 12.0. The van der Waals surface area contributed by atoms with Crippen molar-refractivity contribution in [3.05, 3.63) is 0 Å². The molecule has 0 radical (unpaired) electrons. The van der Waals surface area contributed by atoms with Crippen LogP contribution < -0.4 is 10.6 Å². The fraction of sp³-hybridized carbons (Fsp3) is 0.929. The van der Waals surface area contributed by atoms with Crippen LogP contribution >= 0.6 is 0 Å². The summed E-state index contributed by atoms with van der Waals surface area (Å²) in [6.07, 6.45) is 5.21. The van der Waals surface area contributed by atoms with Gasteiger partial charge >= 0.3 is 0 Å². The molecule has 4 heteroatoms. The average Bonchev–Trinajstić information content (AvgIpc) is 2.35. The van der Waals surface area contributed by atoms with E-state index in [-0.39, 0.29) is 5.91 Å². The third kappa shape index (κ3) is 3.95. The second kappa shape index (κ2) is 6.53. The van der Waals surface area contributed by atoms with Gasteiger partial charge in [-0.15, -0.1) is 0 Å². The Morgan fingerprint density at radius 3 is 2.72 bits per heavy atom. The minimum atomic E-state index is 0.267. The normalized spacial score (nSPS) is 31.2. The zero-order chi connectivity index (χ0) is 13.0. The van der Waals surface area contributed by atoms with Crippen molar-refractivity contribution in [1.82, 2.24) is 15.5 Å². The van der Waals surface area contributed by atoms with Gasteiger partial charge in [0.15, 0.2) is 0 Å². The highest BCUT2D eigenvalue weighted by Crippen LogP contribution is 2.18. The van der Waals surface area contributed by atoms with Gasteiger partial charge in [-0.1, -0.05) is 0 Å². The van der Waals surface area contributed by atoms with Gasteiger partial charge in [0.05, 0.1) is 0 Å². The number of hydrogen-bond acceptors (Lipinski definition) is 3. The number of likely N-dealkylation sites (tertiary alicyclic amines) is 1. The van der Waals surface area contributed by atoms with E-state index in [0.29, 0.717) is 18.0 Å². The molecule has 0 spiro atoms. The number of amides is 1. The van der Waals surface area contributed by atoms with Crippen LogP contribution in [-0.4, -0.2) is 49.6 Å². The van der Waals surface area contributed by atoms with Crippen LogP contribution in [0.25, 0.3) is 0 Å². The lowest BCUT2D eigenvalue weighted by Gasteiger charge is -2.35. The summed E-state index contributed by atoms with van der Waals surface area (Å²) in [5.41, 5.74) is 0. The fourth-order valence-electron chi connectivity index (χ4n) is 3.06. The lowest BCUT2D eigenvalue weighted by Crippen LogP contribution is -2.47. The molecule has 4 nitrogen and oxygen atoms in total. The Morgan fingerprint density at radius 1 is 1.33 bits per heavy atom. The Hall–Kier alpha value is -0.610. The maximum absolute atomic E-state index is 12.0. The summed E-state index contributed by atoms with van der Waals surface area (Å²) in [4.78, 5) is 14.4. The van der Waals surface area contributed by atoms with Gasteiger partial charge in [0, 0.05) is 25.0 Å². The maximum Gasteiger partial charge on any atom is 0.220 e. The molecule has 0 bridgehead atoms. The van der Waals surface area contributed by atoms with Gasteiger partial charge in [0.25, 0.3) is 0 Å². The van der Waals surface area contributed by atoms with E-state index in [1.54, 1.807) is 0 Å². The molecule has 104 valence electrons. The van der Waals surface area contributed by atoms with Crippen LogP contribution in [0.2, 0.25) is 0 Å². The van der Waals surface area contributed by atoms with Crippen LogP contribution in [0.1, 0.15) is 39.0 Å². The molecule has 2 N–H and O–H groups in total. The Balaban J connectivity index is 1.70. The van der Waals surface area contributed by atoms with E-state index in [0.717, 1.165) is 51.7 Å². The van der Waals surface area contributed by atoms with Crippen LogP contribution in [0.3, 0.4) is 0 Å². The Kier molecular flexibility index (Phi) is 5.01. The summed E-state index contributed by atoms with van der Waals surface area (Å²) < 4.78 is 0. The molecule has 0 aromatic rings. The molecular weight excluding hydrogens is 226 g/mol. The van der Waals surface area contributed by atoms with Crippen molar-refractivity contribution in [3.63, 3.8) is 0 Å². The van der Waals surface area contributed by atoms with E-state index in [4.69, 9.17) is 0 Å². The zero-order valence-corrected chi connectivity index (χ0v) is 11.7. The van der Waals surface area contributed by atoms with Crippen LogP contribution in [0.5, 0.6) is 0 Å². The Bertz CT molecular complexity index is 276. The van der Waals surface area contributed by atoms with Crippen LogP contribution in [0, 0.1) is 5.92 Å². The lowest BCUT2D eigenvalue weighted by atomic mass is 9.93. The topological polar surface area (TPSA) is 44.4 Å². The zero-order valence-electron chi connectivity index (χ0n) is 11.7. The number of rotatable bonds is 3. The lowest BCUT2D eigenvalue weighted by molar-refractivity contribution is -0.123. The van der Waals surface area contributed by atoms with Gasteiger partial charge in [-0.2, -0.15) is 0 Å². The molecule has 0 saturated carbocycles. The number of carbonyl (C=O) groups is 1. The van der Waals surface area contributed by atoms with E-state index < -0.39 is 0 Å². The molecule has 2 aliphatic rings. The highest BCUT2D eigenvalue weighted by atomic mass is 16.1. The minimum Gasteiger partial charge on any atom is -0.353 e. The van der Waals surface area contributed by atoms with Crippen molar-refractivity contribution < 1.29 is 4.79 Å². The molecule has 0 aliphatic carbocycles. The highest BCUT2D eigenvalue weighted by Gasteiger charge is 2.25. The average molecular weight is 253 g/mol. The Labute approximate surface area is 110 Å². The summed E-state index contributed by atoms with van der Waals surface area (Å²) in [6.45, 7) is 5.48. The molecule has 2 rings (SSSR count). The van der Waals surface area contributed by atoms with Crippen LogP contribution in [0.15, 0.2) is 0 Å². The molecule has 18 heavy (non-hydrogen) atoms. The van der Waals surface area contributed by atoms with E-state index in [1.165, 1.54) is 0 Å². The minimum absolute atomic E-state index is 0.267. The smallest absolute Gasteiger partial charge is 0.220 e.